The first-order chi connectivity index (χ1) is 7.74. The first-order valence-corrected chi connectivity index (χ1v) is 6.01. The Morgan fingerprint density at radius 1 is 1.38 bits per heavy atom. The van der Waals surface area contributed by atoms with Gasteiger partial charge in [-0.25, -0.2) is 0 Å². The molecule has 0 saturated heterocycles. The maximum atomic E-state index is 11.2. The van der Waals surface area contributed by atoms with Crippen molar-refractivity contribution in [3.8, 4) is 0 Å². The van der Waals surface area contributed by atoms with Gasteiger partial charge in [0.15, 0.2) is 0 Å². The van der Waals surface area contributed by atoms with Crippen molar-refractivity contribution >= 4 is 5.91 Å². The average Bonchev–Trinajstić information content (AvgIpc) is 2.30. The standard InChI is InChI=1S/C11H25N3O2/c1-3-14(4-2)8-5-7-13-11(15)10-16-9-6-12/h3-10,12H2,1-2H3,(H,13,15). The number of hydrogen-bond donors (Lipinski definition) is 2. The van der Waals surface area contributed by atoms with Gasteiger partial charge in [-0.05, 0) is 26.1 Å². The third-order valence-electron chi connectivity index (χ3n) is 2.36. The first kappa shape index (κ1) is 15.3. The fourth-order valence-corrected chi connectivity index (χ4v) is 1.37. The quantitative estimate of drug-likeness (QED) is 0.511. The van der Waals surface area contributed by atoms with Crippen LogP contribution >= 0.6 is 0 Å². The molecule has 3 N–H and O–H groups in total. The summed E-state index contributed by atoms with van der Waals surface area (Å²) in [5.41, 5.74) is 5.24. The lowest BCUT2D eigenvalue weighted by molar-refractivity contribution is -0.125. The lowest BCUT2D eigenvalue weighted by atomic mass is 10.3. The molecule has 0 bridgehead atoms. The molecule has 16 heavy (non-hydrogen) atoms. The van der Waals surface area contributed by atoms with Crippen molar-refractivity contribution in [1.29, 1.82) is 0 Å². The zero-order valence-electron chi connectivity index (χ0n) is 10.5. The van der Waals surface area contributed by atoms with Crippen LogP contribution in [0.3, 0.4) is 0 Å². The molecule has 0 unspecified atom stereocenters. The molecule has 5 heteroatoms. The number of nitrogens with two attached hydrogens (primary N) is 1. The van der Waals surface area contributed by atoms with Crippen molar-refractivity contribution < 1.29 is 9.53 Å². The number of nitrogens with one attached hydrogen (secondary N) is 1. The third kappa shape index (κ3) is 8.64. The molecule has 0 aliphatic carbocycles. The smallest absolute Gasteiger partial charge is 0.245 e. The molecule has 0 aliphatic rings. The molecular formula is C11H25N3O2. The van der Waals surface area contributed by atoms with Crippen LogP contribution in [-0.2, 0) is 9.53 Å². The van der Waals surface area contributed by atoms with Crippen molar-refractivity contribution in [3.63, 3.8) is 0 Å². The molecule has 5 nitrogen and oxygen atoms in total. The van der Waals surface area contributed by atoms with Gasteiger partial charge in [-0.1, -0.05) is 13.8 Å². The molecule has 0 radical (unpaired) electrons. The van der Waals surface area contributed by atoms with E-state index in [0.29, 0.717) is 19.7 Å². The van der Waals surface area contributed by atoms with Crippen LogP contribution in [-0.4, -0.2) is 56.7 Å². The normalized spacial score (nSPS) is 10.8. The second kappa shape index (κ2) is 10.9. The molecule has 0 aromatic carbocycles. The van der Waals surface area contributed by atoms with E-state index in [1.807, 2.05) is 0 Å². The number of nitrogens with zero attached hydrogens (tertiary/aromatic N) is 1. The van der Waals surface area contributed by atoms with E-state index in [4.69, 9.17) is 10.5 Å². The molecule has 96 valence electrons. The van der Waals surface area contributed by atoms with Gasteiger partial charge in [0.25, 0.3) is 0 Å². The summed E-state index contributed by atoms with van der Waals surface area (Å²) in [6, 6.07) is 0. The van der Waals surface area contributed by atoms with Gasteiger partial charge in [0.1, 0.15) is 6.61 Å². The van der Waals surface area contributed by atoms with Gasteiger partial charge in [-0.2, -0.15) is 0 Å². The van der Waals surface area contributed by atoms with Crippen molar-refractivity contribution in [3.05, 3.63) is 0 Å². The van der Waals surface area contributed by atoms with Crippen LogP contribution in [0.2, 0.25) is 0 Å². The second-order valence-electron chi connectivity index (χ2n) is 3.57. The Balaban J connectivity index is 3.33. The zero-order chi connectivity index (χ0) is 12.2. The molecule has 0 spiro atoms. The third-order valence-corrected chi connectivity index (χ3v) is 2.36. The first-order valence-electron chi connectivity index (χ1n) is 6.01. The lowest BCUT2D eigenvalue weighted by Crippen LogP contribution is -2.32. The summed E-state index contributed by atoms with van der Waals surface area (Å²) in [6.45, 7) is 9.14. The van der Waals surface area contributed by atoms with Gasteiger partial charge < -0.3 is 20.7 Å². The van der Waals surface area contributed by atoms with E-state index in [1.165, 1.54) is 0 Å². The summed E-state index contributed by atoms with van der Waals surface area (Å²) >= 11 is 0. The summed E-state index contributed by atoms with van der Waals surface area (Å²) in [5, 5.41) is 2.81. The van der Waals surface area contributed by atoms with Crippen LogP contribution in [0, 0.1) is 0 Å². The molecule has 0 heterocycles. The molecule has 0 saturated carbocycles. The van der Waals surface area contributed by atoms with Crippen LogP contribution in [0.1, 0.15) is 20.3 Å². The van der Waals surface area contributed by atoms with Crippen molar-refractivity contribution in [2.24, 2.45) is 5.73 Å². The Bertz CT molecular complexity index is 173. The minimum atomic E-state index is -0.0620. The Hall–Kier alpha value is -0.650. The maximum Gasteiger partial charge on any atom is 0.245 e. The van der Waals surface area contributed by atoms with Crippen molar-refractivity contribution in [2.75, 3.05) is 45.9 Å². The molecule has 0 aliphatic heterocycles. The number of carbonyl (C=O) groups excluding carboxylic acids is 1. The highest BCUT2D eigenvalue weighted by atomic mass is 16.5. The van der Waals surface area contributed by atoms with Gasteiger partial charge in [0.2, 0.25) is 5.91 Å². The number of amides is 1. The minimum absolute atomic E-state index is 0.0620. The summed E-state index contributed by atoms with van der Waals surface area (Å²) in [7, 11) is 0. The van der Waals surface area contributed by atoms with Crippen LogP contribution in [0.25, 0.3) is 0 Å². The largest absolute Gasteiger partial charge is 0.370 e. The molecule has 0 aromatic heterocycles. The number of rotatable bonds is 10. The van der Waals surface area contributed by atoms with E-state index in [2.05, 4.69) is 24.1 Å². The van der Waals surface area contributed by atoms with Gasteiger partial charge in [0, 0.05) is 13.1 Å². The van der Waals surface area contributed by atoms with E-state index in [9.17, 15) is 4.79 Å². The van der Waals surface area contributed by atoms with E-state index < -0.39 is 0 Å². The Labute approximate surface area is 98.3 Å². The number of carbonyl (C=O) groups is 1. The van der Waals surface area contributed by atoms with Crippen LogP contribution < -0.4 is 11.1 Å². The van der Waals surface area contributed by atoms with E-state index in [-0.39, 0.29) is 12.5 Å². The second-order valence-corrected chi connectivity index (χ2v) is 3.57. The molecular weight excluding hydrogens is 206 g/mol. The van der Waals surface area contributed by atoms with E-state index in [1.54, 1.807) is 0 Å². The van der Waals surface area contributed by atoms with Gasteiger partial charge in [0.05, 0.1) is 6.61 Å². The Morgan fingerprint density at radius 2 is 2.06 bits per heavy atom. The highest BCUT2D eigenvalue weighted by Crippen LogP contribution is 1.89. The maximum absolute atomic E-state index is 11.2. The van der Waals surface area contributed by atoms with Gasteiger partial charge >= 0.3 is 0 Å². The number of ether oxygens (including phenoxy) is 1. The minimum Gasteiger partial charge on any atom is -0.370 e. The summed E-state index contributed by atoms with van der Waals surface area (Å²) in [5.74, 6) is -0.0620. The monoisotopic (exact) mass is 231 g/mol. The summed E-state index contributed by atoms with van der Waals surface area (Å²) in [6.07, 6.45) is 0.976. The molecule has 0 fully saturated rings. The van der Waals surface area contributed by atoms with E-state index in [0.717, 1.165) is 26.1 Å². The Kier molecular flexibility index (Phi) is 10.4. The predicted molar refractivity (Wildman–Crippen MR) is 65.3 cm³/mol. The van der Waals surface area contributed by atoms with Crippen LogP contribution in [0.15, 0.2) is 0 Å². The van der Waals surface area contributed by atoms with Gasteiger partial charge in [-0.3, -0.25) is 4.79 Å². The highest BCUT2D eigenvalue weighted by molar-refractivity contribution is 5.77. The van der Waals surface area contributed by atoms with Crippen LogP contribution in [0.5, 0.6) is 0 Å². The molecule has 1 amide bonds. The number of hydrogen-bond acceptors (Lipinski definition) is 4. The van der Waals surface area contributed by atoms with Gasteiger partial charge in [-0.15, -0.1) is 0 Å². The Morgan fingerprint density at radius 3 is 2.62 bits per heavy atom. The summed E-state index contributed by atoms with van der Waals surface area (Å²) < 4.78 is 5.02. The molecule has 0 rings (SSSR count). The predicted octanol–water partition coefficient (Wildman–Crippen LogP) is -0.190. The van der Waals surface area contributed by atoms with Crippen molar-refractivity contribution in [1.82, 2.24) is 10.2 Å². The highest BCUT2D eigenvalue weighted by Gasteiger charge is 2.01. The molecule has 0 atom stereocenters. The fourth-order valence-electron chi connectivity index (χ4n) is 1.37. The summed E-state index contributed by atoms with van der Waals surface area (Å²) in [4.78, 5) is 13.5. The topological polar surface area (TPSA) is 67.6 Å². The fraction of sp³-hybridized carbons (Fsp3) is 0.909. The lowest BCUT2D eigenvalue weighted by Gasteiger charge is -2.17. The van der Waals surface area contributed by atoms with E-state index >= 15 is 0 Å². The average molecular weight is 231 g/mol. The van der Waals surface area contributed by atoms with Crippen molar-refractivity contribution in [2.45, 2.75) is 20.3 Å². The zero-order valence-corrected chi connectivity index (χ0v) is 10.5. The molecule has 0 aromatic rings. The van der Waals surface area contributed by atoms with Crippen LogP contribution in [0.4, 0.5) is 0 Å². The SMILES string of the molecule is CCN(CC)CCCNC(=O)COCCN.